The third kappa shape index (κ3) is 5.95. The molecule has 1 aromatic carbocycles. The first-order valence-corrected chi connectivity index (χ1v) is 16.7. The summed E-state index contributed by atoms with van der Waals surface area (Å²) in [6, 6.07) is 6.46. The number of nitrogens with one attached hydrogen (secondary N) is 1. The Labute approximate surface area is 253 Å². The van der Waals surface area contributed by atoms with Gasteiger partial charge in [-0.2, -0.15) is 0 Å². The van der Waals surface area contributed by atoms with Crippen molar-refractivity contribution in [1.29, 1.82) is 0 Å². The van der Waals surface area contributed by atoms with Crippen molar-refractivity contribution < 1.29 is 23.5 Å². The maximum Gasteiger partial charge on any atom is 0.341 e. The van der Waals surface area contributed by atoms with Gasteiger partial charge in [-0.05, 0) is 87.3 Å². The summed E-state index contributed by atoms with van der Waals surface area (Å²) in [6.45, 7) is 2.28. The molecule has 0 saturated heterocycles. The number of methoxy groups -OCH3 is 1. The number of thiophene rings is 1. The Balaban J connectivity index is 1.19. The smallest absolute Gasteiger partial charge is 0.341 e. The van der Waals surface area contributed by atoms with Crippen molar-refractivity contribution in [1.82, 2.24) is 14.8 Å². The van der Waals surface area contributed by atoms with E-state index in [2.05, 4.69) is 27.0 Å². The van der Waals surface area contributed by atoms with Gasteiger partial charge in [0.2, 0.25) is 5.91 Å². The van der Waals surface area contributed by atoms with Crippen LogP contribution in [0.3, 0.4) is 0 Å². The number of thioether (sulfide) groups is 1. The Hall–Kier alpha value is -2.92. The summed E-state index contributed by atoms with van der Waals surface area (Å²) in [5, 5.41) is 13.1. The van der Waals surface area contributed by atoms with Crippen LogP contribution in [0.4, 0.5) is 9.39 Å². The van der Waals surface area contributed by atoms with E-state index >= 15 is 0 Å². The number of amides is 1. The van der Waals surface area contributed by atoms with Gasteiger partial charge in [0.25, 0.3) is 0 Å². The van der Waals surface area contributed by atoms with E-state index in [1.54, 1.807) is 18.2 Å². The van der Waals surface area contributed by atoms with Gasteiger partial charge in [0.15, 0.2) is 22.5 Å². The monoisotopic (exact) mass is 612 g/mol. The molecule has 4 atom stereocenters. The van der Waals surface area contributed by atoms with E-state index in [4.69, 9.17) is 9.47 Å². The number of rotatable bonds is 10. The van der Waals surface area contributed by atoms with Crippen molar-refractivity contribution in [2.24, 2.45) is 17.8 Å². The van der Waals surface area contributed by atoms with E-state index in [-0.39, 0.29) is 30.1 Å². The summed E-state index contributed by atoms with van der Waals surface area (Å²) in [5.74, 6) is 1.82. The maximum atomic E-state index is 14.2. The zero-order valence-corrected chi connectivity index (χ0v) is 25.7. The summed E-state index contributed by atoms with van der Waals surface area (Å²) < 4.78 is 27.2. The Morgan fingerprint density at radius 3 is 2.76 bits per heavy atom. The van der Waals surface area contributed by atoms with Gasteiger partial charge in [-0.25, -0.2) is 9.18 Å². The third-order valence-corrected chi connectivity index (χ3v) is 11.3. The molecule has 42 heavy (non-hydrogen) atoms. The second-order valence-electron chi connectivity index (χ2n) is 11.7. The van der Waals surface area contributed by atoms with Crippen LogP contribution in [0.25, 0.3) is 0 Å². The number of ether oxygens (including phenoxy) is 2. The molecule has 2 saturated carbocycles. The molecule has 2 aromatic heterocycles. The number of hydrogen-bond donors (Lipinski definition) is 1. The van der Waals surface area contributed by atoms with E-state index in [1.165, 1.54) is 62.0 Å². The number of nitrogens with zero attached hydrogens (tertiary/aromatic N) is 3. The van der Waals surface area contributed by atoms with Gasteiger partial charge >= 0.3 is 5.97 Å². The lowest BCUT2D eigenvalue weighted by Crippen LogP contribution is -2.25. The molecule has 2 bridgehead atoms. The van der Waals surface area contributed by atoms with Crippen LogP contribution < -0.4 is 10.1 Å². The predicted octanol–water partition coefficient (Wildman–Crippen LogP) is 6.84. The number of carbonyl (C=O) groups excluding carboxylic acids is 2. The molecule has 8 nitrogen and oxygen atoms in total. The fourth-order valence-corrected chi connectivity index (χ4v) is 9.27. The molecular formula is C31H37FN4O4S2. The molecule has 11 heteroatoms. The van der Waals surface area contributed by atoms with Gasteiger partial charge in [-0.1, -0.05) is 36.7 Å². The van der Waals surface area contributed by atoms with Crippen molar-refractivity contribution in [2.75, 3.05) is 18.2 Å². The first kappa shape index (κ1) is 29.2. The number of halogens is 1. The molecule has 0 spiro atoms. The van der Waals surface area contributed by atoms with Gasteiger partial charge in [0, 0.05) is 10.9 Å². The van der Waals surface area contributed by atoms with Gasteiger partial charge in [0.1, 0.15) is 11.6 Å². The average Bonchev–Trinajstić information content (AvgIpc) is 3.76. The van der Waals surface area contributed by atoms with E-state index in [0.717, 1.165) is 48.5 Å². The van der Waals surface area contributed by atoms with E-state index in [9.17, 15) is 14.0 Å². The fourth-order valence-electron chi connectivity index (χ4n) is 7.14. The number of aromatic nitrogens is 3. The van der Waals surface area contributed by atoms with Gasteiger partial charge < -0.3 is 14.8 Å². The van der Waals surface area contributed by atoms with E-state index in [1.807, 2.05) is 0 Å². The quantitative estimate of drug-likeness (QED) is 0.152. The molecule has 3 aromatic rings. The van der Waals surface area contributed by atoms with Crippen LogP contribution in [0.1, 0.15) is 84.5 Å². The summed E-state index contributed by atoms with van der Waals surface area (Å²) in [5.41, 5.74) is 1.52. The zero-order valence-electron chi connectivity index (χ0n) is 24.1. The summed E-state index contributed by atoms with van der Waals surface area (Å²) in [6.07, 6.45) is 9.99. The SMILES string of the molecule is COC(=O)c1c(NC(=O)CSc2nnc(COc3ccccc3F)n2[C@@H](C)[C@H]2C[C@@H]3CC[C@@H]2C3)sc2c1CCCCC2. The second-order valence-corrected chi connectivity index (χ2v) is 13.7. The number of para-hydroxylation sites is 1. The molecular weight excluding hydrogens is 575 g/mol. The highest BCUT2D eigenvalue weighted by atomic mass is 32.2. The molecule has 2 heterocycles. The van der Waals surface area contributed by atoms with Gasteiger partial charge in [-0.3, -0.25) is 9.36 Å². The second kappa shape index (κ2) is 12.8. The number of benzene rings is 1. The molecule has 3 aliphatic carbocycles. The molecule has 2 fully saturated rings. The molecule has 3 aliphatic rings. The van der Waals surface area contributed by atoms with Crippen LogP contribution in [0, 0.1) is 23.6 Å². The zero-order chi connectivity index (χ0) is 29.2. The van der Waals surface area contributed by atoms with Crippen LogP contribution >= 0.6 is 23.1 Å². The minimum Gasteiger partial charge on any atom is -0.483 e. The number of fused-ring (bicyclic) bond motifs is 3. The van der Waals surface area contributed by atoms with Crippen molar-refractivity contribution in [3.05, 3.63) is 51.9 Å². The highest BCUT2D eigenvalue weighted by Gasteiger charge is 2.43. The topological polar surface area (TPSA) is 95.3 Å². The first-order valence-electron chi connectivity index (χ1n) is 14.9. The predicted molar refractivity (Wildman–Crippen MR) is 161 cm³/mol. The lowest BCUT2D eigenvalue weighted by Gasteiger charge is -2.30. The lowest BCUT2D eigenvalue weighted by atomic mass is 9.84. The summed E-state index contributed by atoms with van der Waals surface area (Å²) in [4.78, 5) is 27.1. The van der Waals surface area contributed by atoms with Crippen LogP contribution in [-0.4, -0.2) is 39.5 Å². The van der Waals surface area contributed by atoms with Crippen molar-refractivity contribution in [3.63, 3.8) is 0 Å². The van der Waals surface area contributed by atoms with Crippen LogP contribution in [0.15, 0.2) is 29.4 Å². The van der Waals surface area contributed by atoms with E-state index in [0.29, 0.717) is 33.4 Å². The summed E-state index contributed by atoms with van der Waals surface area (Å²) in [7, 11) is 1.38. The molecule has 1 amide bonds. The fraction of sp³-hybridized carbons (Fsp3) is 0.548. The van der Waals surface area contributed by atoms with Crippen LogP contribution in [0.5, 0.6) is 5.75 Å². The molecule has 1 N–H and O–H groups in total. The normalized spacial score (nSPS) is 21.9. The van der Waals surface area contributed by atoms with Crippen molar-refractivity contribution in [2.45, 2.75) is 82.5 Å². The highest BCUT2D eigenvalue weighted by molar-refractivity contribution is 7.99. The lowest BCUT2D eigenvalue weighted by molar-refractivity contribution is -0.113. The number of carbonyl (C=O) groups is 2. The van der Waals surface area contributed by atoms with Crippen LogP contribution in [-0.2, 0) is 29.0 Å². The van der Waals surface area contributed by atoms with Gasteiger partial charge in [0.05, 0.1) is 18.4 Å². The number of aryl methyl sites for hydroxylation is 1. The van der Waals surface area contributed by atoms with Crippen molar-refractivity contribution >= 4 is 40.0 Å². The average molecular weight is 613 g/mol. The Morgan fingerprint density at radius 2 is 2.00 bits per heavy atom. The largest absolute Gasteiger partial charge is 0.483 e. The molecule has 224 valence electrons. The Bertz CT molecular complexity index is 1460. The Kier molecular flexibility index (Phi) is 8.85. The van der Waals surface area contributed by atoms with Crippen LogP contribution in [0.2, 0.25) is 0 Å². The van der Waals surface area contributed by atoms with E-state index < -0.39 is 11.8 Å². The molecule has 6 rings (SSSR count). The molecule has 0 aliphatic heterocycles. The number of anilines is 1. The number of esters is 1. The maximum absolute atomic E-state index is 14.2. The number of hydrogen-bond acceptors (Lipinski definition) is 8. The standard InChI is InChI=1S/C31H37FN4O4S2/c1-18(22-15-19-12-13-20(22)14-19)36-26(16-40-24-10-7-6-9-23(24)32)34-35-31(36)41-17-27(37)33-29-28(30(38)39-2)21-8-4-3-5-11-25(21)42-29/h6-7,9-10,18-20,22H,3-5,8,11-17H2,1-2H3,(H,33,37)/t18-,19+,20+,22+/m0/s1. The van der Waals surface area contributed by atoms with Crippen molar-refractivity contribution in [3.8, 4) is 5.75 Å². The minimum atomic E-state index is -0.423. The highest BCUT2D eigenvalue weighted by Crippen LogP contribution is 2.52. The summed E-state index contributed by atoms with van der Waals surface area (Å²) >= 11 is 2.81. The van der Waals surface area contributed by atoms with Gasteiger partial charge in [-0.15, -0.1) is 21.5 Å². The Morgan fingerprint density at radius 1 is 1.17 bits per heavy atom. The molecule has 0 unspecified atom stereocenters. The third-order valence-electron chi connectivity index (χ3n) is 9.14. The molecule has 0 radical (unpaired) electrons. The first-order chi connectivity index (χ1) is 20.4. The minimum absolute atomic E-state index is 0.0785.